The first kappa shape index (κ1) is 24.1. The summed E-state index contributed by atoms with van der Waals surface area (Å²) in [5, 5.41) is 0.618. The van der Waals surface area contributed by atoms with E-state index >= 15 is 0 Å². The number of halogens is 3. The number of rotatable bonds is 7. The average Bonchev–Trinajstić information content (AvgIpc) is 2.84. The normalized spacial score (nSPS) is 18.9. The molecule has 0 unspecified atom stereocenters. The van der Waals surface area contributed by atoms with E-state index in [1.807, 2.05) is 17.0 Å². The molecule has 0 bridgehead atoms. The fraction of sp³-hybridized carbons (Fsp3) is 0.500. The lowest BCUT2D eigenvalue weighted by atomic mass is 9.88. The third kappa shape index (κ3) is 6.31. The van der Waals surface area contributed by atoms with E-state index in [-0.39, 0.29) is 24.2 Å². The summed E-state index contributed by atoms with van der Waals surface area (Å²) < 4.78 is 34.2. The summed E-state index contributed by atoms with van der Waals surface area (Å²) >= 11 is 6.04. The predicted octanol–water partition coefficient (Wildman–Crippen LogP) is 5.60. The topological polar surface area (TPSA) is 32.8 Å². The summed E-state index contributed by atoms with van der Waals surface area (Å²) in [7, 11) is 0. The number of amides is 1. The van der Waals surface area contributed by atoms with Gasteiger partial charge in [-0.1, -0.05) is 49.1 Å². The summed E-state index contributed by atoms with van der Waals surface area (Å²) in [5.41, 5.74) is 0.830. The van der Waals surface area contributed by atoms with Crippen LogP contribution in [0.4, 0.5) is 8.78 Å². The highest BCUT2D eigenvalue weighted by atomic mass is 35.5. The Bertz CT molecular complexity index is 906. The minimum absolute atomic E-state index is 0.0700. The number of benzene rings is 2. The summed E-state index contributed by atoms with van der Waals surface area (Å²) in [6, 6.07) is 11.2. The van der Waals surface area contributed by atoms with Crippen LogP contribution in [0.15, 0.2) is 42.5 Å². The van der Waals surface area contributed by atoms with Gasteiger partial charge in [0, 0.05) is 49.2 Å². The van der Waals surface area contributed by atoms with E-state index in [4.69, 9.17) is 16.3 Å². The maximum atomic E-state index is 14.1. The van der Waals surface area contributed by atoms with E-state index in [9.17, 15) is 13.6 Å². The molecule has 1 atom stereocenters. The van der Waals surface area contributed by atoms with Crippen LogP contribution in [0, 0.1) is 17.6 Å². The van der Waals surface area contributed by atoms with Gasteiger partial charge in [0.15, 0.2) is 0 Å². The van der Waals surface area contributed by atoms with Crippen molar-refractivity contribution in [3.05, 3.63) is 70.2 Å². The van der Waals surface area contributed by atoms with E-state index < -0.39 is 11.6 Å². The highest BCUT2D eigenvalue weighted by Crippen LogP contribution is 2.27. The molecule has 4 nitrogen and oxygen atoms in total. The monoisotopic (exact) mass is 476 g/mol. The molecule has 2 aromatic carbocycles. The lowest BCUT2D eigenvalue weighted by Gasteiger charge is -2.38. The quantitative estimate of drug-likeness (QED) is 0.521. The third-order valence-corrected chi connectivity index (χ3v) is 7.05. The van der Waals surface area contributed by atoms with E-state index in [0.717, 1.165) is 44.3 Å². The molecule has 178 valence electrons. The van der Waals surface area contributed by atoms with Crippen LogP contribution in [0.3, 0.4) is 0 Å². The first-order valence-electron chi connectivity index (χ1n) is 11.8. The molecule has 1 saturated heterocycles. The number of nitrogens with zero attached hydrogens (tertiary/aromatic N) is 2. The Morgan fingerprint density at radius 2 is 1.61 bits per heavy atom. The minimum atomic E-state index is -0.611. The van der Waals surface area contributed by atoms with Gasteiger partial charge in [0.2, 0.25) is 5.91 Å². The molecule has 2 fully saturated rings. The molecular weight excluding hydrogens is 446 g/mol. The highest BCUT2D eigenvalue weighted by Gasteiger charge is 2.29. The molecule has 0 spiro atoms. The molecule has 7 heteroatoms. The fourth-order valence-corrected chi connectivity index (χ4v) is 4.90. The third-order valence-electron chi connectivity index (χ3n) is 6.79. The van der Waals surface area contributed by atoms with E-state index in [2.05, 4.69) is 4.90 Å². The Morgan fingerprint density at radius 3 is 2.24 bits per heavy atom. The van der Waals surface area contributed by atoms with Gasteiger partial charge in [-0.25, -0.2) is 8.78 Å². The van der Waals surface area contributed by atoms with Crippen LogP contribution in [-0.2, 0) is 16.1 Å². The van der Waals surface area contributed by atoms with Crippen LogP contribution < -0.4 is 0 Å². The molecule has 1 heterocycles. The van der Waals surface area contributed by atoms with Crippen LogP contribution in [0.5, 0.6) is 0 Å². The zero-order chi connectivity index (χ0) is 23.2. The van der Waals surface area contributed by atoms with Crippen molar-refractivity contribution in [1.82, 2.24) is 9.80 Å². The average molecular weight is 477 g/mol. The minimum Gasteiger partial charge on any atom is -0.367 e. The molecule has 0 aromatic heterocycles. The van der Waals surface area contributed by atoms with Gasteiger partial charge < -0.3 is 9.64 Å². The molecule has 0 N–H and O–H groups in total. The molecule has 4 rings (SSSR count). The number of hydrogen-bond donors (Lipinski definition) is 0. The second-order valence-corrected chi connectivity index (χ2v) is 9.45. The van der Waals surface area contributed by atoms with Crippen molar-refractivity contribution in [3.63, 3.8) is 0 Å². The molecule has 2 aromatic rings. The number of ether oxygens (including phenoxy) is 1. The standard InChI is InChI=1S/C26H31ClF2N2O2/c27-21-11-9-19(10-12-21)25(33-18-22-23(28)7-4-8-24(22)29)17-30-13-15-31(16-14-30)26(32)20-5-2-1-3-6-20/h4,7-12,20,25H,1-3,5-6,13-18H2/t25-/m0/s1. The second kappa shape index (κ2) is 11.4. The van der Waals surface area contributed by atoms with Gasteiger partial charge in [-0.3, -0.25) is 9.69 Å². The van der Waals surface area contributed by atoms with Crippen molar-refractivity contribution >= 4 is 17.5 Å². The summed E-state index contributed by atoms with van der Waals surface area (Å²) in [4.78, 5) is 17.1. The Labute approximate surface area is 199 Å². The van der Waals surface area contributed by atoms with Crippen LogP contribution in [0.25, 0.3) is 0 Å². The first-order valence-corrected chi connectivity index (χ1v) is 12.2. The Morgan fingerprint density at radius 1 is 0.970 bits per heavy atom. The highest BCUT2D eigenvalue weighted by molar-refractivity contribution is 6.30. The molecule has 1 saturated carbocycles. The van der Waals surface area contributed by atoms with Gasteiger partial charge >= 0.3 is 0 Å². The van der Waals surface area contributed by atoms with Crippen molar-refractivity contribution < 1.29 is 18.3 Å². The number of carbonyl (C=O) groups excluding carboxylic acids is 1. The predicted molar refractivity (Wildman–Crippen MR) is 125 cm³/mol. The number of piperazine rings is 1. The van der Waals surface area contributed by atoms with Crippen LogP contribution in [0.2, 0.25) is 5.02 Å². The number of carbonyl (C=O) groups is 1. The van der Waals surface area contributed by atoms with Crippen molar-refractivity contribution in [3.8, 4) is 0 Å². The van der Waals surface area contributed by atoms with Gasteiger partial charge in [-0.2, -0.15) is 0 Å². The summed E-state index contributed by atoms with van der Waals surface area (Å²) in [6.45, 7) is 3.31. The molecule has 1 aliphatic carbocycles. The maximum absolute atomic E-state index is 14.1. The van der Waals surface area contributed by atoms with Gasteiger partial charge in [0.25, 0.3) is 0 Å². The van der Waals surface area contributed by atoms with Crippen LogP contribution in [0.1, 0.15) is 49.3 Å². The molecule has 0 radical (unpaired) electrons. The molecule has 33 heavy (non-hydrogen) atoms. The Balaban J connectivity index is 1.38. The van der Waals surface area contributed by atoms with Crippen molar-refractivity contribution in [2.45, 2.75) is 44.8 Å². The summed E-state index contributed by atoms with van der Waals surface area (Å²) in [5.74, 6) is -0.736. The van der Waals surface area contributed by atoms with Crippen LogP contribution >= 0.6 is 11.6 Å². The SMILES string of the molecule is O=C(C1CCCCC1)N1CCN(C[C@H](OCc2c(F)cccc2F)c2ccc(Cl)cc2)CC1. The van der Waals surface area contributed by atoms with Crippen molar-refractivity contribution in [1.29, 1.82) is 0 Å². The van der Waals surface area contributed by atoms with Crippen molar-refractivity contribution in [2.24, 2.45) is 5.92 Å². The second-order valence-electron chi connectivity index (χ2n) is 9.01. The van der Waals surface area contributed by atoms with Gasteiger partial charge in [-0.15, -0.1) is 0 Å². The smallest absolute Gasteiger partial charge is 0.225 e. The van der Waals surface area contributed by atoms with Gasteiger partial charge in [-0.05, 0) is 42.7 Å². The largest absolute Gasteiger partial charge is 0.367 e. The summed E-state index contributed by atoms with van der Waals surface area (Å²) in [6.07, 6.45) is 5.19. The molecule has 2 aliphatic rings. The molecule has 1 aliphatic heterocycles. The van der Waals surface area contributed by atoms with Crippen LogP contribution in [-0.4, -0.2) is 48.4 Å². The van der Waals surface area contributed by atoms with Crippen molar-refractivity contribution in [2.75, 3.05) is 32.7 Å². The zero-order valence-electron chi connectivity index (χ0n) is 18.8. The first-order chi connectivity index (χ1) is 16.0. The lowest BCUT2D eigenvalue weighted by Crippen LogP contribution is -2.51. The maximum Gasteiger partial charge on any atom is 0.225 e. The Hall–Kier alpha value is -2.02. The van der Waals surface area contributed by atoms with E-state index in [0.29, 0.717) is 30.6 Å². The molecular formula is C26H31ClF2N2O2. The van der Waals surface area contributed by atoms with Gasteiger partial charge in [0.05, 0.1) is 12.7 Å². The van der Waals surface area contributed by atoms with E-state index in [1.54, 1.807) is 12.1 Å². The van der Waals surface area contributed by atoms with E-state index in [1.165, 1.54) is 24.6 Å². The fourth-order valence-electron chi connectivity index (χ4n) is 4.78. The molecule has 1 amide bonds. The Kier molecular flexibility index (Phi) is 8.34. The number of hydrogen-bond acceptors (Lipinski definition) is 3. The lowest BCUT2D eigenvalue weighted by molar-refractivity contribution is -0.138. The van der Waals surface area contributed by atoms with Gasteiger partial charge in [0.1, 0.15) is 11.6 Å². The zero-order valence-corrected chi connectivity index (χ0v) is 19.6.